The lowest BCUT2D eigenvalue weighted by Gasteiger charge is -2.19. The molecule has 2 atom stereocenters. The summed E-state index contributed by atoms with van der Waals surface area (Å²) in [5.74, 6) is 0.987. The van der Waals surface area contributed by atoms with E-state index in [4.69, 9.17) is 5.73 Å². The van der Waals surface area contributed by atoms with E-state index in [9.17, 15) is 5.11 Å². The van der Waals surface area contributed by atoms with Crippen LogP contribution >= 0.6 is 0 Å². The van der Waals surface area contributed by atoms with E-state index in [2.05, 4.69) is 10.3 Å². The molecule has 1 aromatic carbocycles. The third kappa shape index (κ3) is 2.43. The van der Waals surface area contributed by atoms with E-state index >= 15 is 0 Å². The zero-order chi connectivity index (χ0) is 13.9. The maximum atomic E-state index is 9.37. The minimum Gasteiger partial charge on any atom is -0.397 e. The molecule has 0 bridgehead atoms. The molecule has 2 unspecified atom stereocenters. The minimum atomic E-state index is 0.297. The number of nitrogens with zero attached hydrogens (tertiary/aromatic N) is 1. The molecule has 1 aromatic heterocycles. The van der Waals surface area contributed by atoms with Gasteiger partial charge in [0.15, 0.2) is 0 Å². The molecule has 0 radical (unpaired) electrons. The average molecular weight is 271 g/mol. The smallest absolute Gasteiger partial charge is 0.0630 e. The van der Waals surface area contributed by atoms with Crippen LogP contribution in [0.1, 0.15) is 19.3 Å². The van der Waals surface area contributed by atoms with Gasteiger partial charge in [-0.1, -0.05) is 12.5 Å². The van der Waals surface area contributed by atoms with Crippen LogP contribution in [0.4, 0.5) is 11.4 Å². The SMILES string of the molecule is Nc1c(NCC2CCCC2CO)ccc2cnccc12. The number of aliphatic hydroxyl groups excluding tert-OH is 1. The number of nitrogen functional groups attached to an aromatic ring is 1. The van der Waals surface area contributed by atoms with Gasteiger partial charge in [-0.15, -0.1) is 0 Å². The van der Waals surface area contributed by atoms with E-state index in [-0.39, 0.29) is 0 Å². The summed E-state index contributed by atoms with van der Waals surface area (Å²) >= 11 is 0. The van der Waals surface area contributed by atoms with Crippen LogP contribution in [0.15, 0.2) is 30.6 Å². The number of aliphatic hydroxyl groups is 1. The largest absolute Gasteiger partial charge is 0.397 e. The molecule has 4 heteroatoms. The lowest BCUT2D eigenvalue weighted by atomic mass is 9.97. The van der Waals surface area contributed by atoms with E-state index in [1.807, 2.05) is 24.4 Å². The second-order valence-corrected chi connectivity index (χ2v) is 5.64. The van der Waals surface area contributed by atoms with Crippen molar-refractivity contribution in [1.82, 2.24) is 4.98 Å². The molecule has 1 aliphatic rings. The normalized spacial score (nSPS) is 22.2. The Bertz CT molecular complexity index is 599. The Labute approximate surface area is 119 Å². The molecule has 1 saturated carbocycles. The Morgan fingerprint density at radius 2 is 2.10 bits per heavy atom. The second-order valence-electron chi connectivity index (χ2n) is 5.64. The van der Waals surface area contributed by atoms with Crippen molar-refractivity contribution in [3.63, 3.8) is 0 Å². The summed E-state index contributed by atoms with van der Waals surface area (Å²) in [4.78, 5) is 4.11. The molecule has 20 heavy (non-hydrogen) atoms. The molecule has 4 N–H and O–H groups in total. The Morgan fingerprint density at radius 3 is 2.95 bits per heavy atom. The average Bonchev–Trinajstić information content (AvgIpc) is 2.94. The maximum absolute atomic E-state index is 9.37. The van der Waals surface area contributed by atoms with Crippen LogP contribution in [0.25, 0.3) is 10.8 Å². The third-order valence-electron chi connectivity index (χ3n) is 4.47. The van der Waals surface area contributed by atoms with Gasteiger partial charge in [-0.05, 0) is 36.8 Å². The van der Waals surface area contributed by atoms with Gasteiger partial charge in [0, 0.05) is 36.3 Å². The standard InChI is InChI=1S/C16H21N3O/c17-16-14-6-7-18-8-12(14)4-5-15(16)19-9-11-2-1-3-13(11)10-20/h4-8,11,13,19-20H,1-3,9-10,17H2. The lowest BCUT2D eigenvalue weighted by Crippen LogP contribution is -2.21. The fourth-order valence-corrected chi connectivity index (χ4v) is 3.21. The summed E-state index contributed by atoms with van der Waals surface area (Å²) in [5, 5.41) is 14.9. The van der Waals surface area contributed by atoms with E-state index in [1.165, 1.54) is 12.8 Å². The van der Waals surface area contributed by atoms with Crippen molar-refractivity contribution in [2.75, 3.05) is 24.2 Å². The molecule has 0 saturated heterocycles. The highest BCUT2D eigenvalue weighted by atomic mass is 16.3. The zero-order valence-electron chi connectivity index (χ0n) is 11.5. The quantitative estimate of drug-likeness (QED) is 0.748. The van der Waals surface area contributed by atoms with Crippen LogP contribution in [0, 0.1) is 11.8 Å². The van der Waals surface area contributed by atoms with Crippen LogP contribution in [-0.2, 0) is 0 Å². The number of anilines is 2. The van der Waals surface area contributed by atoms with Crippen LogP contribution < -0.4 is 11.1 Å². The molecule has 3 rings (SSSR count). The summed E-state index contributed by atoms with van der Waals surface area (Å²) in [7, 11) is 0. The highest BCUT2D eigenvalue weighted by molar-refractivity contribution is 5.98. The molecule has 0 aliphatic heterocycles. The Morgan fingerprint density at radius 1 is 1.25 bits per heavy atom. The minimum absolute atomic E-state index is 0.297. The molecule has 1 aliphatic carbocycles. The molecule has 0 amide bonds. The third-order valence-corrected chi connectivity index (χ3v) is 4.47. The molecule has 0 spiro atoms. The molecule has 2 aromatic rings. The monoisotopic (exact) mass is 271 g/mol. The van der Waals surface area contributed by atoms with E-state index in [0.29, 0.717) is 18.4 Å². The van der Waals surface area contributed by atoms with E-state index in [0.717, 1.165) is 35.1 Å². The van der Waals surface area contributed by atoms with Crippen LogP contribution in [0.5, 0.6) is 0 Å². The summed E-state index contributed by atoms with van der Waals surface area (Å²) in [5.41, 5.74) is 7.99. The van der Waals surface area contributed by atoms with Crippen molar-refractivity contribution in [2.45, 2.75) is 19.3 Å². The number of aromatic nitrogens is 1. The number of nitrogens with one attached hydrogen (secondary N) is 1. The predicted molar refractivity (Wildman–Crippen MR) is 82.6 cm³/mol. The summed E-state index contributed by atoms with van der Waals surface area (Å²) < 4.78 is 0. The van der Waals surface area contributed by atoms with Gasteiger partial charge < -0.3 is 16.2 Å². The number of pyridine rings is 1. The van der Waals surface area contributed by atoms with Crippen LogP contribution in [0.3, 0.4) is 0 Å². The van der Waals surface area contributed by atoms with Crippen molar-refractivity contribution in [1.29, 1.82) is 0 Å². The summed E-state index contributed by atoms with van der Waals surface area (Å²) in [6.45, 7) is 1.18. The van der Waals surface area contributed by atoms with Crippen LogP contribution in [-0.4, -0.2) is 23.2 Å². The molecular weight excluding hydrogens is 250 g/mol. The maximum Gasteiger partial charge on any atom is 0.0630 e. The van der Waals surface area contributed by atoms with E-state index in [1.54, 1.807) is 6.20 Å². The molecule has 4 nitrogen and oxygen atoms in total. The van der Waals surface area contributed by atoms with Gasteiger partial charge in [-0.3, -0.25) is 4.98 Å². The topological polar surface area (TPSA) is 71.2 Å². The Kier molecular flexibility index (Phi) is 3.74. The molecule has 106 valence electrons. The first-order valence-corrected chi connectivity index (χ1v) is 7.26. The van der Waals surface area contributed by atoms with Gasteiger partial charge in [0.05, 0.1) is 11.4 Å². The number of nitrogens with two attached hydrogens (primary N) is 1. The van der Waals surface area contributed by atoms with E-state index < -0.39 is 0 Å². The molecule has 1 heterocycles. The number of rotatable bonds is 4. The van der Waals surface area contributed by atoms with Gasteiger partial charge in [-0.2, -0.15) is 0 Å². The van der Waals surface area contributed by atoms with Crippen molar-refractivity contribution in [3.8, 4) is 0 Å². The highest BCUT2D eigenvalue weighted by Gasteiger charge is 2.26. The van der Waals surface area contributed by atoms with Crippen molar-refractivity contribution in [3.05, 3.63) is 30.6 Å². The first-order chi connectivity index (χ1) is 9.79. The Hall–Kier alpha value is -1.81. The second kappa shape index (κ2) is 5.67. The van der Waals surface area contributed by atoms with Gasteiger partial charge in [0.1, 0.15) is 0 Å². The van der Waals surface area contributed by atoms with Crippen LogP contribution in [0.2, 0.25) is 0 Å². The fourth-order valence-electron chi connectivity index (χ4n) is 3.21. The van der Waals surface area contributed by atoms with Gasteiger partial charge in [-0.25, -0.2) is 0 Å². The van der Waals surface area contributed by atoms with Gasteiger partial charge >= 0.3 is 0 Å². The van der Waals surface area contributed by atoms with Gasteiger partial charge in [0.2, 0.25) is 0 Å². The number of fused-ring (bicyclic) bond motifs is 1. The molecular formula is C16H21N3O. The number of benzene rings is 1. The first-order valence-electron chi connectivity index (χ1n) is 7.26. The number of hydrogen-bond acceptors (Lipinski definition) is 4. The van der Waals surface area contributed by atoms with Crippen molar-refractivity contribution in [2.24, 2.45) is 11.8 Å². The highest BCUT2D eigenvalue weighted by Crippen LogP contribution is 2.33. The summed E-state index contributed by atoms with van der Waals surface area (Å²) in [6, 6.07) is 6.00. The zero-order valence-corrected chi connectivity index (χ0v) is 11.5. The first kappa shape index (κ1) is 13.2. The van der Waals surface area contributed by atoms with Crippen molar-refractivity contribution >= 4 is 22.1 Å². The Balaban J connectivity index is 1.76. The fraction of sp³-hybridized carbons (Fsp3) is 0.438. The number of hydrogen-bond donors (Lipinski definition) is 3. The van der Waals surface area contributed by atoms with Crippen molar-refractivity contribution < 1.29 is 5.11 Å². The predicted octanol–water partition coefficient (Wildman–Crippen LogP) is 2.64. The molecule has 1 fully saturated rings. The lowest BCUT2D eigenvalue weighted by molar-refractivity contribution is 0.199. The van der Waals surface area contributed by atoms with Gasteiger partial charge in [0.25, 0.3) is 0 Å². The summed E-state index contributed by atoms with van der Waals surface area (Å²) in [6.07, 6.45) is 7.14.